The number of nitrogens with one attached hydrogen (secondary N) is 1. The fourth-order valence-electron chi connectivity index (χ4n) is 2.69. The Labute approximate surface area is 161 Å². The van der Waals surface area contributed by atoms with Crippen molar-refractivity contribution in [3.8, 4) is 5.75 Å². The van der Waals surface area contributed by atoms with Crippen molar-refractivity contribution in [2.45, 2.75) is 0 Å². The second-order valence-electron chi connectivity index (χ2n) is 5.99. The van der Waals surface area contributed by atoms with E-state index in [-0.39, 0.29) is 12.5 Å². The fourth-order valence-corrected chi connectivity index (χ4v) is 3.30. The highest BCUT2D eigenvalue weighted by Crippen LogP contribution is 2.32. The van der Waals surface area contributed by atoms with Crippen LogP contribution in [0, 0.1) is 0 Å². The molecule has 1 N–H and O–H groups in total. The van der Waals surface area contributed by atoms with Crippen molar-refractivity contribution in [3.63, 3.8) is 0 Å². The molecule has 1 amide bonds. The number of halogens is 1. The monoisotopic (exact) mass is 412 g/mol. The number of hydrogen-bond acceptors (Lipinski definition) is 3. The molecule has 3 aromatic rings. The van der Waals surface area contributed by atoms with Gasteiger partial charge in [0, 0.05) is 25.8 Å². The van der Waals surface area contributed by atoms with E-state index < -0.39 is 0 Å². The number of ether oxygens (including phenoxy) is 1. The fraction of sp³-hybridized carbons (Fsp3) is 0.190. The van der Waals surface area contributed by atoms with Crippen molar-refractivity contribution in [3.05, 3.63) is 71.2 Å². The van der Waals surface area contributed by atoms with Gasteiger partial charge in [-0.2, -0.15) is 0 Å². The first-order valence-electron chi connectivity index (χ1n) is 8.48. The van der Waals surface area contributed by atoms with Gasteiger partial charge < -0.3 is 15.0 Å². The Morgan fingerprint density at radius 2 is 1.77 bits per heavy atom. The quantitative estimate of drug-likeness (QED) is 0.630. The average Bonchev–Trinajstić information content (AvgIpc) is 2.68. The highest BCUT2D eigenvalue weighted by Gasteiger charge is 2.09. The number of likely N-dealkylation sites (N-methyl/N-ethyl adjacent to an activating group) is 1. The molecule has 0 atom stereocenters. The predicted molar refractivity (Wildman–Crippen MR) is 110 cm³/mol. The number of nitrogens with zero attached hydrogens (tertiary/aromatic N) is 1. The maximum Gasteiger partial charge on any atom is 0.258 e. The molecule has 26 heavy (non-hydrogen) atoms. The minimum atomic E-state index is -0.133. The molecule has 0 aliphatic rings. The van der Waals surface area contributed by atoms with E-state index in [2.05, 4.69) is 26.1 Å². The summed E-state index contributed by atoms with van der Waals surface area (Å²) in [5, 5.41) is 5.08. The molecule has 134 valence electrons. The Bertz CT molecular complexity index is 884. The molecule has 0 fully saturated rings. The van der Waals surface area contributed by atoms with Crippen LogP contribution in [0.5, 0.6) is 5.75 Å². The lowest BCUT2D eigenvalue weighted by Crippen LogP contribution is -2.35. The lowest BCUT2D eigenvalue weighted by atomic mass is 10.1. The number of hydrogen-bond donors (Lipinski definition) is 1. The summed E-state index contributed by atoms with van der Waals surface area (Å²) in [5.41, 5.74) is 1.12. The summed E-state index contributed by atoms with van der Waals surface area (Å²) in [6.45, 7) is 1.29. The Hall–Kier alpha value is -2.53. The van der Waals surface area contributed by atoms with Gasteiger partial charge in [-0.3, -0.25) is 4.79 Å². The molecule has 4 nitrogen and oxygen atoms in total. The van der Waals surface area contributed by atoms with E-state index >= 15 is 0 Å². The summed E-state index contributed by atoms with van der Waals surface area (Å²) >= 11 is 3.57. The normalized spacial score (nSPS) is 10.5. The predicted octanol–water partition coefficient (Wildman–Crippen LogP) is 4.23. The third-order valence-corrected chi connectivity index (χ3v) is 4.97. The second-order valence-corrected chi connectivity index (χ2v) is 6.79. The third kappa shape index (κ3) is 4.55. The van der Waals surface area contributed by atoms with E-state index in [0.717, 1.165) is 27.5 Å². The van der Waals surface area contributed by atoms with Crippen LogP contribution in [0.15, 0.2) is 71.2 Å². The number of carbonyl (C=O) groups excluding carboxylic acids is 1. The highest BCUT2D eigenvalue weighted by atomic mass is 79.9. The molecule has 0 heterocycles. The summed E-state index contributed by atoms with van der Waals surface area (Å²) in [6, 6.07) is 22.0. The third-order valence-electron chi connectivity index (χ3n) is 4.15. The van der Waals surface area contributed by atoms with Crippen molar-refractivity contribution in [1.29, 1.82) is 0 Å². The number of para-hydroxylation sites is 1. The van der Waals surface area contributed by atoms with Crippen LogP contribution in [0.2, 0.25) is 0 Å². The molecule has 0 unspecified atom stereocenters. The molecule has 0 saturated carbocycles. The smallest absolute Gasteiger partial charge is 0.258 e. The lowest BCUT2D eigenvalue weighted by Gasteiger charge is -2.19. The van der Waals surface area contributed by atoms with E-state index in [1.165, 1.54) is 0 Å². The average molecular weight is 413 g/mol. The molecule has 3 rings (SSSR count). The summed E-state index contributed by atoms with van der Waals surface area (Å²) in [6.07, 6.45) is 0. The summed E-state index contributed by atoms with van der Waals surface area (Å²) in [5.74, 6) is 0.534. The molecular formula is C21H21BrN2O2. The number of carbonyl (C=O) groups is 1. The van der Waals surface area contributed by atoms with E-state index in [4.69, 9.17) is 4.74 Å². The SMILES string of the molecule is CN(CCNC(=O)COc1ccc2ccccc2c1Br)c1ccccc1. The summed E-state index contributed by atoms with van der Waals surface area (Å²) < 4.78 is 6.54. The molecule has 0 saturated heterocycles. The maximum absolute atomic E-state index is 12.0. The highest BCUT2D eigenvalue weighted by molar-refractivity contribution is 9.10. The Kier molecular flexibility index (Phi) is 6.12. The van der Waals surface area contributed by atoms with Gasteiger partial charge in [0.2, 0.25) is 0 Å². The van der Waals surface area contributed by atoms with Crippen molar-refractivity contribution in [2.75, 3.05) is 31.6 Å². The van der Waals surface area contributed by atoms with Gasteiger partial charge in [0.25, 0.3) is 5.91 Å². The first-order valence-corrected chi connectivity index (χ1v) is 9.27. The van der Waals surface area contributed by atoms with Crippen LogP contribution in [0.3, 0.4) is 0 Å². The van der Waals surface area contributed by atoms with Crippen LogP contribution >= 0.6 is 15.9 Å². The molecule has 5 heteroatoms. The van der Waals surface area contributed by atoms with Crippen molar-refractivity contribution in [1.82, 2.24) is 5.32 Å². The van der Waals surface area contributed by atoms with Gasteiger partial charge >= 0.3 is 0 Å². The molecule has 0 aliphatic carbocycles. The Morgan fingerprint density at radius 1 is 1.04 bits per heavy atom. The van der Waals surface area contributed by atoms with Crippen molar-refractivity contribution in [2.24, 2.45) is 0 Å². The molecule has 0 bridgehead atoms. The van der Waals surface area contributed by atoms with Gasteiger partial charge in [0.1, 0.15) is 5.75 Å². The largest absolute Gasteiger partial charge is 0.483 e. The zero-order valence-electron chi connectivity index (χ0n) is 14.6. The van der Waals surface area contributed by atoms with Gasteiger partial charge in [-0.05, 0) is 44.9 Å². The van der Waals surface area contributed by atoms with Gasteiger partial charge in [-0.25, -0.2) is 0 Å². The lowest BCUT2D eigenvalue weighted by molar-refractivity contribution is -0.123. The van der Waals surface area contributed by atoms with E-state index in [0.29, 0.717) is 12.3 Å². The van der Waals surface area contributed by atoms with E-state index in [1.807, 2.05) is 73.8 Å². The summed E-state index contributed by atoms with van der Waals surface area (Å²) in [4.78, 5) is 14.1. The Morgan fingerprint density at radius 3 is 2.58 bits per heavy atom. The minimum Gasteiger partial charge on any atom is -0.483 e. The van der Waals surface area contributed by atoms with E-state index in [9.17, 15) is 4.79 Å². The number of fused-ring (bicyclic) bond motifs is 1. The van der Waals surface area contributed by atoms with Crippen molar-refractivity contribution < 1.29 is 9.53 Å². The minimum absolute atomic E-state index is 0.00794. The molecule has 0 aromatic heterocycles. The molecule has 3 aromatic carbocycles. The van der Waals surface area contributed by atoms with Crippen LogP contribution in [-0.4, -0.2) is 32.7 Å². The Balaban J connectivity index is 1.48. The maximum atomic E-state index is 12.0. The van der Waals surface area contributed by atoms with Crippen LogP contribution in [0.1, 0.15) is 0 Å². The van der Waals surface area contributed by atoms with Crippen LogP contribution < -0.4 is 15.0 Å². The first-order chi connectivity index (χ1) is 12.6. The van der Waals surface area contributed by atoms with Gasteiger partial charge in [-0.1, -0.05) is 48.5 Å². The zero-order valence-corrected chi connectivity index (χ0v) is 16.2. The second kappa shape index (κ2) is 8.72. The number of rotatable bonds is 7. The van der Waals surface area contributed by atoms with Gasteiger partial charge in [0.05, 0.1) is 4.47 Å². The first kappa shape index (κ1) is 18.3. The number of amides is 1. The summed E-state index contributed by atoms with van der Waals surface area (Å²) in [7, 11) is 2.00. The van der Waals surface area contributed by atoms with Gasteiger partial charge in [-0.15, -0.1) is 0 Å². The van der Waals surface area contributed by atoms with Gasteiger partial charge in [0.15, 0.2) is 6.61 Å². The van der Waals surface area contributed by atoms with Crippen LogP contribution in [0.4, 0.5) is 5.69 Å². The molecular weight excluding hydrogens is 392 g/mol. The van der Waals surface area contributed by atoms with Crippen LogP contribution in [0.25, 0.3) is 10.8 Å². The van der Waals surface area contributed by atoms with Crippen molar-refractivity contribution >= 4 is 38.3 Å². The number of anilines is 1. The zero-order chi connectivity index (χ0) is 18.4. The van der Waals surface area contributed by atoms with Crippen LogP contribution in [-0.2, 0) is 4.79 Å². The number of benzene rings is 3. The molecule has 0 aliphatic heterocycles. The topological polar surface area (TPSA) is 41.6 Å². The standard InChI is InChI=1S/C21H21BrN2O2/c1-24(17-8-3-2-4-9-17)14-13-23-20(25)15-26-19-12-11-16-7-5-6-10-18(16)21(19)22/h2-12H,13-15H2,1H3,(H,23,25). The van der Waals surface area contributed by atoms with E-state index in [1.54, 1.807) is 0 Å². The molecule has 0 spiro atoms. The molecule has 0 radical (unpaired) electrons.